The summed E-state index contributed by atoms with van der Waals surface area (Å²) in [5.74, 6) is -2.12. The van der Waals surface area contributed by atoms with Gasteiger partial charge in [0.25, 0.3) is 5.91 Å². The number of hydrogen-bond donors (Lipinski definition) is 3. The van der Waals surface area contributed by atoms with Crippen LogP contribution < -0.4 is 16.4 Å². The average Bonchev–Trinajstić information content (AvgIpc) is 2.74. The molecule has 0 saturated carbocycles. The van der Waals surface area contributed by atoms with E-state index in [0.29, 0.717) is 42.7 Å². The summed E-state index contributed by atoms with van der Waals surface area (Å²) in [6, 6.07) is 7.79. The van der Waals surface area contributed by atoms with Crippen molar-refractivity contribution in [3.05, 3.63) is 64.7 Å². The number of benzene rings is 2. The number of amides is 3. The summed E-state index contributed by atoms with van der Waals surface area (Å²) in [5.41, 5.74) is 6.01. The number of nitrogens with one attached hydrogen (secondary N) is 2. The van der Waals surface area contributed by atoms with Gasteiger partial charge in [0.2, 0.25) is 0 Å². The Kier molecular flexibility index (Phi) is 5.34. The summed E-state index contributed by atoms with van der Waals surface area (Å²) in [6.45, 7) is 1.01. The van der Waals surface area contributed by atoms with Gasteiger partial charge in [0.1, 0.15) is 11.6 Å². The number of carbonyl (C=O) groups excluding carboxylic acids is 3. The minimum Gasteiger partial charge on any atom is -0.378 e. The number of anilines is 1. The number of primary amides is 1. The number of halogens is 2. The SMILES string of the molecule is NC(=O)c1cc(CNC(=O)N2CCC3(CC2)CC(=O)c2cc(F)ccc2N3)ccc1F. The van der Waals surface area contributed by atoms with Crippen molar-refractivity contribution in [2.24, 2.45) is 5.73 Å². The van der Waals surface area contributed by atoms with Crippen molar-refractivity contribution in [3.8, 4) is 0 Å². The lowest BCUT2D eigenvalue weighted by atomic mass is 9.78. The van der Waals surface area contributed by atoms with Gasteiger partial charge in [0.05, 0.1) is 5.56 Å². The second-order valence-corrected chi connectivity index (χ2v) is 8.02. The summed E-state index contributed by atoms with van der Waals surface area (Å²) >= 11 is 0. The van der Waals surface area contributed by atoms with Crippen LogP contribution in [0.5, 0.6) is 0 Å². The number of Topliss-reactive ketones (excluding diaryl/α,β-unsaturated/α-hetero) is 1. The van der Waals surface area contributed by atoms with Crippen molar-refractivity contribution in [2.45, 2.75) is 31.3 Å². The van der Waals surface area contributed by atoms with Crippen molar-refractivity contribution in [1.82, 2.24) is 10.2 Å². The van der Waals surface area contributed by atoms with Gasteiger partial charge in [-0.1, -0.05) is 6.07 Å². The molecule has 2 aliphatic rings. The molecule has 2 aromatic rings. The van der Waals surface area contributed by atoms with Gasteiger partial charge in [0, 0.05) is 42.8 Å². The second-order valence-electron chi connectivity index (χ2n) is 8.02. The predicted octanol–water partition coefficient (Wildman–Crippen LogP) is 2.81. The lowest BCUT2D eigenvalue weighted by Crippen LogP contribution is -2.55. The van der Waals surface area contributed by atoms with E-state index in [9.17, 15) is 23.2 Å². The lowest BCUT2D eigenvalue weighted by molar-refractivity contribution is 0.0914. The highest BCUT2D eigenvalue weighted by molar-refractivity contribution is 6.04. The Labute approximate surface area is 177 Å². The van der Waals surface area contributed by atoms with Crippen LogP contribution in [0, 0.1) is 11.6 Å². The van der Waals surface area contributed by atoms with E-state index in [1.165, 1.54) is 24.3 Å². The fourth-order valence-corrected chi connectivity index (χ4v) is 4.19. The molecule has 0 aliphatic carbocycles. The highest BCUT2D eigenvalue weighted by atomic mass is 19.1. The Morgan fingerprint density at radius 1 is 1.13 bits per heavy atom. The molecule has 0 radical (unpaired) electrons. The third-order valence-electron chi connectivity index (χ3n) is 5.93. The first-order valence-corrected chi connectivity index (χ1v) is 9.98. The molecule has 4 N–H and O–H groups in total. The Hall–Kier alpha value is -3.49. The highest BCUT2D eigenvalue weighted by Crippen LogP contribution is 2.37. The quantitative estimate of drug-likeness (QED) is 0.699. The van der Waals surface area contributed by atoms with Crippen LogP contribution in [-0.4, -0.2) is 41.2 Å². The number of ketones is 1. The van der Waals surface area contributed by atoms with Crippen molar-refractivity contribution in [1.29, 1.82) is 0 Å². The van der Waals surface area contributed by atoms with Gasteiger partial charge in [-0.3, -0.25) is 9.59 Å². The van der Waals surface area contributed by atoms with Gasteiger partial charge >= 0.3 is 6.03 Å². The van der Waals surface area contributed by atoms with E-state index in [2.05, 4.69) is 10.6 Å². The second kappa shape index (κ2) is 7.98. The molecular weight excluding hydrogens is 406 g/mol. The molecule has 0 aromatic heterocycles. The summed E-state index contributed by atoms with van der Waals surface area (Å²) in [7, 11) is 0. The first kappa shape index (κ1) is 20.8. The molecular formula is C22H22F2N4O3. The summed E-state index contributed by atoms with van der Waals surface area (Å²) < 4.78 is 27.0. The molecule has 2 heterocycles. The fraction of sp³-hybridized carbons (Fsp3) is 0.318. The number of carbonyl (C=O) groups is 3. The number of fused-ring (bicyclic) bond motifs is 1. The van der Waals surface area contributed by atoms with E-state index < -0.39 is 23.1 Å². The van der Waals surface area contributed by atoms with Crippen LogP contribution in [0.3, 0.4) is 0 Å². The molecule has 2 aromatic carbocycles. The Balaban J connectivity index is 1.35. The maximum absolute atomic E-state index is 13.6. The Morgan fingerprint density at radius 3 is 2.58 bits per heavy atom. The topological polar surface area (TPSA) is 105 Å². The highest BCUT2D eigenvalue weighted by Gasteiger charge is 2.41. The summed E-state index contributed by atoms with van der Waals surface area (Å²) in [5, 5.41) is 6.14. The third-order valence-corrected chi connectivity index (χ3v) is 5.93. The number of urea groups is 1. The van der Waals surface area contributed by atoms with Crippen molar-refractivity contribution >= 4 is 23.4 Å². The first-order chi connectivity index (χ1) is 14.8. The zero-order valence-corrected chi connectivity index (χ0v) is 16.7. The zero-order valence-electron chi connectivity index (χ0n) is 16.7. The van der Waals surface area contributed by atoms with E-state index in [1.54, 1.807) is 11.0 Å². The predicted molar refractivity (Wildman–Crippen MR) is 110 cm³/mol. The minimum absolute atomic E-state index is 0.104. The van der Waals surface area contributed by atoms with Gasteiger partial charge in [-0.15, -0.1) is 0 Å². The molecule has 1 spiro atoms. The Bertz CT molecular complexity index is 1060. The number of nitrogens with two attached hydrogens (primary N) is 1. The van der Waals surface area contributed by atoms with E-state index >= 15 is 0 Å². The van der Waals surface area contributed by atoms with Crippen LogP contribution in [0.1, 0.15) is 45.5 Å². The average molecular weight is 428 g/mol. The number of hydrogen-bond acceptors (Lipinski definition) is 4. The standard InChI is InChI=1S/C22H22F2N4O3/c23-14-2-4-18-16(10-14)19(29)11-22(27-18)5-7-28(8-6-22)21(31)26-12-13-1-3-17(24)15(9-13)20(25)30/h1-4,9-10,27H,5-8,11-12H2,(H2,25,30)(H,26,31). The van der Waals surface area contributed by atoms with Crippen molar-refractivity contribution < 1.29 is 23.2 Å². The monoisotopic (exact) mass is 428 g/mol. The van der Waals surface area contributed by atoms with Crippen LogP contribution in [0.15, 0.2) is 36.4 Å². The molecule has 2 aliphatic heterocycles. The smallest absolute Gasteiger partial charge is 0.317 e. The molecule has 31 heavy (non-hydrogen) atoms. The number of nitrogens with zero attached hydrogens (tertiary/aromatic N) is 1. The van der Waals surface area contributed by atoms with Gasteiger partial charge in [-0.2, -0.15) is 0 Å². The molecule has 4 rings (SSSR count). The van der Waals surface area contributed by atoms with Crippen LogP contribution >= 0.6 is 0 Å². The van der Waals surface area contributed by atoms with Crippen LogP contribution in [0.25, 0.3) is 0 Å². The molecule has 9 heteroatoms. The minimum atomic E-state index is -0.870. The molecule has 162 valence electrons. The van der Waals surface area contributed by atoms with E-state index in [1.807, 2.05) is 0 Å². The van der Waals surface area contributed by atoms with Crippen LogP contribution in [0.2, 0.25) is 0 Å². The molecule has 7 nitrogen and oxygen atoms in total. The third kappa shape index (κ3) is 4.21. The van der Waals surface area contributed by atoms with Gasteiger partial charge in [-0.25, -0.2) is 13.6 Å². The lowest BCUT2D eigenvalue weighted by Gasteiger charge is -2.45. The van der Waals surface area contributed by atoms with Gasteiger partial charge in [0.15, 0.2) is 5.78 Å². The zero-order chi connectivity index (χ0) is 22.2. The number of rotatable bonds is 3. The molecule has 1 saturated heterocycles. The number of piperidine rings is 1. The molecule has 1 fully saturated rings. The maximum atomic E-state index is 13.6. The summed E-state index contributed by atoms with van der Waals surface area (Å²) in [4.78, 5) is 38.0. The molecule has 0 unspecified atom stereocenters. The van der Waals surface area contributed by atoms with E-state index in [0.717, 1.165) is 6.07 Å². The molecule has 0 bridgehead atoms. The Morgan fingerprint density at radius 2 is 1.87 bits per heavy atom. The van der Waals surface area contributed by atoms with Crippen LogP contribution in [-0.2, 0) is 6.54 Å². The van der Waals surface area contributed by atoms with E-state index in [-0.39, 0.29) is 30.3 Å². The van der Waals surface area contributed by atoms with Crippen LogP contribution in [0.4, 0.5) is 19.3 Å². The number of likely N-dealkylation sites (tertiary alicyclic amines) is 1. The van der Waals surface area contributed by atoms with Crippen molar-refractivity contribution in [2.75, 3.05) is 18.4 Å². The summed E-state index contributed by atoms with van der Waals surface area (Å²) in [6.07, 6.45) is 1.40. The maximum Gasteiger partial charge on any atom is 0.317 e. The normalized spacial score (nSPS) is 17.1. The largest absolute Gasteiger partial charge is 0.378 e. The van der Waals surface area contributed by atoms with Gasteiger partial charge < -0.3 is 21.3 Å². The van der Waals surface area contributed by atoms with E-state index in [4.69, 9.17) is 5.73 Å². The fourth-order valence-electron chi connectivity index (χ4n) is 4.19. The molecule has 0 atom stereocenters. The van der Waals surface area contributed by atoms with Crippen molar-refractivity contribution in [3.63, 3.8) is 0 Å². The van der Waals surface area contributed by atoms with Gasteiger partial charge in [-0.05, 0) is 48.7 Å². The molecule has 3 amide bonds. The first-order valence-electron chi connectivity index (χ1n) is 9.98.